The summed E-state index contributed by atoms with van der Waals surface area (Å²) in [5.74, 6) is -0.748. The van der Waals surface area contributed by atoms with Gasteiger partial charge < -0.3 is 10.1 Å². The largest absolute Gasteiger partial charge is 0.459 e. The molecular weight excluding hydrogens is 316 g/mol. The van der Waals surface area contributed by atoms with Crippen LogP contribution in [0, 0.1) is 0 Å². The SMILES string of the molecule is CC(C)(C)OC(=O)CNC(=O)c1ccnc2ccc(C3(C)CC3)cc12. The molecular formula is C20H24N2O3. The van der Waals surface area contributed by atoms with Gasteiger partial charge in [-0.15, -0.1) is 0 Å². The minimum Gasteiger partial charge on any atom is -0.459 e. The van der Waals surface area contributed by atoms with Crippen LogP contribution < -0.4 is 5.32 Å². The second-order valence-corrected chi connectivity index (χ2v) is 7.92. The minimum absolute atomic E-state index is 0.155. The highest BCUT2D eigenvalue weighted by molar-refractivity contribution is 6.06. The lowest BCUT2D eigenvalue weighted by Gasteiger charge is -2.19. The number of carbonyl (C=O) groups is 2. The van der Waals surface area contributed by atoms with Crippen molar-refractivity contribution < 1.29 is 14.3 Å². The number of fused-ring (bicyclic) bond motifs is 1. The Hall–Kier alpha value is -2.43. The van der Waals surface area contributed by atoms with E-state index >= 15 is 0 Å². The Kier molecular flexibility index (Phi) is 4.27. The highest BCUT2D eigenvalue weighted by Crippen LogP contribution is 2.48. The van der Waals surface area contributed by atoms with Crippen molar-refractivity contribution >= 4 is 22.8 Å². The third-order valence-electron chi connectivity index (χ3n) is 4.50. The van der Waals surface area contributed by atoms with Crippen molar-refractivity contribution in [3.8, 4) is 0 Å². The first-order valence-corrected chi connectivity index (χ1v) is 8.57. The Morgan fingerprint density at radius 3 is 2.60 bits per heavy atom. The molecule has 25 heavy (non-hydrogen) atoms. The number of amides is 1. The number of nitrogens with zero attached hydrogens (tertiary/aromatic N) is 1. The lowest BCUT2D eigenvalue weighted by Crippen LogP contribution is -2.34. The quantitative estimate of drug-likeness (QED) is 0.867. The molecule has 5 nitrogen and oxygen atoms in total. The standard InChI is InChI=1S/C20H24N2O3/c1-19(2,3)25-17(23)12-22-18(24)14-7-10-21-16-6-5-13(11-15(14)16)20(4)8-9-20/h5-7,10-11H,8-9,12H2,1-4H3,(H,22,24). The fourth-order valence-corrected chi connectivity index (χ4v) is 2.82. The van der Waals surface area contributed by atoms with Gasteiger partial charge in [-0.25, -0.2) is 0 Å². The van der Waals surface area contributed by atoms with E-state index in [0.717, 1.165) is 10.9 Å². The zero-order valence-corrected chi connectivity index (χ0v) is 15.2. The van der Waals surface area contributed by atoms with Crippen LogP contribution in [0.15, 0.2) is 30.5 Å². The lowest BCUT2D eigenvalue weighted by molar-refractivity contribution is -0.153. The second-order valence-electron chi connectivity index (χ2n) is 7.92. The average Bonchev–Trinajstić information content (AvgIpc) is 3.29. The normalized spacial score (nSPS) is 15.7. The van der Waals surface area contributed by atoms with Crippen molar-refractivity contribution in [1.29, 1.82) is 0 Å². The molecule has 1 amide bonds. The first-order chi connectivity index (χ1) is 11.7. The molecule has 0 spiro atoms. The lowest BCUT2D eigenvalue weighted by atomic mass is 9.95. The summed E-state index contributed by atoms with van der Waals surface area (Å²) in [4.78, 5) is 28.7. The van der Waals surface area contributed by atoms with Gasteiger partial charge in [-0.2, -0.15) is 0 Å². The Balaban J connectivity index is 1.80. The summed E-state index contributed by atoms with van der Waals surface area (Å²) < 4.78 is 5.22. The number of aromatic nitrogens is 1. The second kappa shape index (κ2) is 6.14. The van der Waals surface area contributed by atoms with Gasteiger partial charge in [0.15, 0.2) is 0 Å². The van der Waals surface area contributed by atoms with Gasteiger partial charge in [-0.1, -0.05) is 13.0 Å². The maximum atomic E-state index is 12.6. The van der Waals surface area contributed by atoms with Crippen LogP contribution >= 0.6 is 0 Å². The van der Waals surface area contributed by atoms with E-state index in [0.29, 0.717) is 5.56 Å². The summed E-state index contributed by atoms with van der Waals surface area (Å²) in [7, 11) is 0. The number of rotatable bonds is 4. The molecule has 0 saturated heterocycles. The number of nitrogens with one attached hydrogen (secondary N) is 1. The molecule has 1 saturated carbocycles. The fraction of sp³-hybridized carbons (Fsp3) is 0.450. The molecule has 1 aromatic heterocycles. The molecule has 2 aromatic rings. The van der Waals surface area contributed by atoms with Gasteiger partial charge in [0.25, 0.3) is 5.91 Å². The molecule has 0 unspecified atom stereocenters. The zero-order valence-electron chi connectivity index (χ0n) is 15.2. The molecule has 1 aliphatic rings. The van der Waals surface area contributed by atoms with Crippen molar-refractivity contribution in [2.24, 2.45) is 0 Å². The van der Waals surface area contributed by atoms with E-state index in [1.807, 2.05) is 6.07 Å². The highest BCUT2D eigenvalue weighted by Gasteiger charge is 2.39. The van der Waals surface area contributed by atoms with Crippen LogP contribution in [0.5, 0.6) is 0 Å². The predicted molar refractivity (Wildman–Crippen MR) is 96.5 cm³/mol. The molecule has 3 rings (SSSR count). The van der Waals surface area contributed by atoms with E-state index in [4.69, 9.17) is 4.74 Å². The van der Waals surface area contributed by atoms with Crippen molar-refractivity contribution in [1.82, 2.24) is 10.3 Å². The molecule has 1 heterocycles. The van der Waals surface area contributed by atoms with Gasteiger partial charge >= 0.3 is 5.97 Å². The summed E-state index contributed by atoms with van der Waals surface area (Å²) in [6.45, 7) is 7.46. The molecule has 0 bridgehead atoms. The average molecular weight is 340 g/mol. The van der Waals surface area contributed by atoms with E-state index in [2.05, 4.69) is 29.4 Å². The molecule has 0 radical (unpaired) electrons. The summed E-state index contributed by atoms with van der Waals surface area (Å²) in [6, 6.07) is 7.78. The number of carbonyl (C=O) groups excluding carboxylic acids is 2. The number of ether oxygens (including phenoxy) is 1. The molecule has 1 fully saturated rings. The Bertz CT molecular complexity index is 832. The van der Waals surface area contributed by atoms with Gasteiger partial charge in [0.1, 0.15) is 12.1 Å². The number of esters is 1. The van der Waals surface area contributed by atoms with E-state index in [-0.39, 0.29) is 17.9 Å². The van der Waals surface area contributed by atoms with Crippen LogP contribution in [-0.2, 0) is 14.9 Å². The van der Waals surface area contributed by atoms with Gasteiger partial charge in [-0.3, -0.25) is 14.6 Å². The van der Waals surface area contributed by atoms with Crippen molar-refractivity contribution in [2.45, 2.75) is 51.6 Å². The van der Waals surface area contributed by atoms with Crippen molar-refractivity contribution in [3.63, 3.8) is 0 Å². The maximum absolute atomic E-state index is 12.6. The van der Waals surface area contributed by atoms with Crippen molar-refractivity contribution in [3.05, 3.63) is 41.6 Å². The van der Waals surface area contributed by atoms with Crippen LogP contribution in [0.25, 0.3) is 10.9 Å². The Morgan fingerprint density at radius 2 is 1.96 bits per heavy atom. The van der Waals surface area contributed by atoms with E-state index in [1.165, 1.54) is 18.4 Å². The minimum atomic E-state index is -0.570. The van der Waals surface area contributed by atoms with E-state index < -0.39 is 11.6 Å². The molecule has 132 valence electrons. The third-order valence-corrected chi connectivity index (χ3v) is 4.50. The van der Waals surface area contributed by atoms with Crippen molar-refractivity contribution in [2.75, 3.05) is 6.54 Å². The zero-order chi connectivity index (χ0) is 18.2. The maximum Gasteiger partial charge on any atom is 0.325 e. The Morgan fingerprint density at radius 1 is 1.24 bits per heavy atom. The summed E-state index contributed by atoms with van der Waals surface area (Å²) >= 11 is 0. The molecule has 1 aromatic carbocycles. The number of hydrogen-bond acceptors (Lipinski definition) is 4. The van der Waals surface area contributed by atoms with Crippen LogP contribution in [-0.4, -0.2) is 29.0 Å². The van der Waals surface area contributed by atoms with E-state index in [1.54, 1.807) is 33.0 Å². The summed E-state index contributed by atoms with van der Waals surface area (Å²) in [5.41, 5.74) is 2.18. The van der Waals surface area contributed by atoms with Crippen LogP contribution in [0.1, 0.15) is 56.5 Å². The van der Waals surface area contributed by atoms with Crippen LogP contribution in [0.4, 0.5) is 0 Å². The summed E-state index contributed by atoms with van der Waals surface area (Å²) in [6.07, 6.45) is 3.95. The molecule has 1 aliphatic carbocycles. The number of pyridine rings is 1. The smallest absolute Gasteiger partial charge is 0.325 e. The van der Waals surface area contributed by atoms with Crippen LogP contribution in [0.3, 0.4) is 0 Å². The van der Waals surface area contributed by atoms with Gasteiger partial charge in [0, 0.05) is 11.6 Å². The molecule has 1 N–H and O–H groups in total. The van der Waals surface area contributed by atoms with Gasteiger partial charge in [0.05, 0.1) is 11.1 Å². The monoisotopic (exact) mass is 340 g/mol. The fourth-order valence-electron chi connectivity index (χ4n) is 2.82. The first kappa shape index (κ1) is 17.4. The highest BCUT2D eigenvalue weighted by atomic mass is 16.6. The summed E-state index contributed by atoms with van der Waals surface area (Å²) in [5, 5.41) is 3.46. The predicted octanol–water partition coefficient (Wildman–Crippen LogP) is 3.36. The van der Waals surface area contributed by atoms with E-state index in [9.17, 15) is 9.59 Å². The van der Waals surface area contributed by atoms with Crippen LogP contribution in [0.2, 0.25) is 0 Å². The third kappa shape index (κ3) is 3.98. The number of hydrogen-bond donors (Lipinski definition) is 1. The topological polar surface area (TPSA) is 68.3 Å². The first-order valence-electron chi connectivity index (χ1n) is 8.57. The molecule has 0 aliphatic heterocycles. The Labute approximate surface area is 147 Å². The molecule has 0 atom stereocenters. The number of benzene rings is 1. The van der Waals surface area contributed by atoms with Gasteiger partial charge in [-0.05, 0) is 62.8 Å². The van der Waals surface area contributed by atoms with Gasteiger partial charge in [0.2, 0.25) is 0 Å². The molecule has 5 heteroatoms.